The second-order valence-electron chi connectivity index (χ2n) is 3.93. The first-order chi connectivity index (χ1) is 7.01. The van der Waals surface area contributed by atoms with Gasteiger partial charge in [-0.15, -0.1) is 0 Å². The van der Waals surface area contributed by atoms with Gasteiger partial charge in [-0.2, -0.15) is 0 Å². The van der Waals surface area contributed by atoms with Crippen LogP contribution in [0.2, 0.25) is 0 Å². The third-order valence-corrected chi connectivity index (χ3v) is 2.31. The van der Waals surface area contributed by atoms with Crippen LogP contribution in [0.1, 0.15) is 24.5 Å². The van der Waals surface area contributed by atoms with Crippen LogP contribution in [0, 0.1) is 0 Å². The highest BCUT2D eigenvalue weighted by Gasteiger charge is 2.20. The number of alkyl halides is 2. The number of aryl methyl sites for hydroxylation is 1. The molecule has 15 heavy (non-hydrogen) atoms. The Kier molecular flexibility index (Phi) is 4.21. The minimum absolute atomic E-state index is 0.0940. The normalized spacial score (nSPS) is 11.7. The van der Waals surface area contributed by atoms with Crippen molar-refractivity contribution < 1.29 is 8.78 Å². The van der Waals surface area contributed by atoms with E-state index in [-0.39, 0.29) is 6.42 Å². The molecule has 0 saturated carbocycles. The van der Waals surface area contributed by atoms with Crippen LogP contribution in [0.4, 0.5) is 8.78 Å². The average Bonchev–Trinajstić information content (AvgIpc) is 2.16. The standard InChI is InChI=1S/C12H17F2N/c1-12(13,14)8-6-10-2-4-11(5-3-10)7-9-15/h2-5H,6-9,15H2,1H3. The minimum atomic E-state index is -2.57. The van der Waals surface area contributed by atoms with Gasteiger partial charge in [-0.3, -0.25) is 0 Å². The maximum Gasteiger partial charge on any atom is 0.245 e. The van der Waals surface area contributed by atoms with Crippen molar-refractivity contribution in [3.05, 3.63) is 35.4 Å². The molecule has 0 saturated heterocycles. The summed E-state index contributed by atoms with van der Waals surface area (Å²) in [7, 11) is 0. The molecule has 0 aliphatic heterocycles. The van der Waals surface area contributed by atoms with Gasteiger partial charge in [0.15, 0.2) is 0 Å². The third-order valence-electron chi connectivity index (χ3n) is 2.31. The Morgan fingerprint density at radius 2 is 1.53 bits per heavy atom. The van der Waals surface area contributed by atoms with E-state index in [4.69, 9.17) is 5.73 Å². The molecule has 1 nitrogen and oxygen atoms in total. The predicted octanol–water partition coefficient (Wildman–Crippen LogP) is 2.78. The molecule has 1 rings (SSSR count). The molecule has 0 spiro atoms. The van der Waals surface area contributed by atoms with Crippen LogP contribution < -0.4 is 5.73 Å². The molecule has 0 amide bonds. The van der Waals surface area contributed by atoms with Crippen molar-refractivity contribution in [2.75, 3.05) is 6.54 Å². The summed E-state index contributed by atoms with van der Waals surface area (Å²) >= 11 is 0. The van der Waals surface area contributed by atoms with E-state index in [1.54, 1.807) is 0 Å². The number of nitrogens with two attached hydrogens (primary N) is 1. The molecule has 0 fully saturated rings. The van der Waals surface area contributed by atoms with E-state index in [0.29, 0.717) is 13.0 Å². The van der Waals surface area contributed by atoms with Crippen LogP contribution >= 0.6 is 0 Å². The van der Waals surface area contributed by atoms with Gasteiger partial charge in [-0.05, 0) is 37.4 Å². The zero-order valence-electron chi connectivity index (χ0n) is 8.97. The summed E-state index contributed by atoms with van der Waals surface area (Å²) in [5.74, 6) is -2.57. The molecular weight excluding hydrogens is 196 g/mol. The molecule has 0 atom stereocenters. The molecular formula is C12H17F2N. The monoisotopic (exact) mass is 213 g/mol. The quantitative estimate of drug-likeness (QED) is 0.799. The second-order valence-corrected chi connectivity index (χ2v) is 3.93. The van der Waals surface area contributed by atoms with Crippen molar-refractivity contribution in [2.45, 2.75) is 32.1 Å². The predicted molar refractivity (Wildman–Crippen MR) is 58.1 cm³/mol. The van der Waals surface area contributed by atoms with Gasteiger partial charge >= 0.3 is 0 Å². The molecule has 0 unspecified atom stereocenters. The number of halogens is 2. The summed E-state index contributed by atoms with van der Waals surface area (Å²) in [5, 5.41) is 0. The van der Waals surface area contributed by atoms with Gasteiger partial charge in [0.05, 0.1) is 0 Å². The highest BCUT2D eigenvalue weighted by atomic mass is 19.3. The smallest absolute Gasteiger partial charge is 0.245 e. The molecule has 0 heterocycles. The lowest BCUT2D eigenvalue weighted by Gasteiger charge is -2.09. The molecule has 0 aromatic heterocycles. The van der Waals surface area contributed by atoms with E-state index in [9.17, 15) is 8.78 Å². The fourth-order valence-corrected chi connectivity index (χ4v) is 1.40. The third kappa shape index (κ3) is 4.88. The van der Waals surface area contributed by atoms with Crippen molar-refractivity contribution >= 4 is 0 Å². The number of hydrogen-bond acceptors (Lipinski definition) is 1. The van der Waals surface area contributed by atoms with E-state index in [0.717, 1.165) is 24.5 Å². The lowest BCUT2D eigenvalue weighted by molar-refractivity contribution is 0.0133. The summed E-state index contributed by atoms with van der Waals surface area (Å²) in [4.78, 5) is 0. The SMILES string of the molecule is CC(F)(F)CCc1ccc(CCN)cc1. The highest BCUT2D eigenvalue weighted by Crippen LogP contribution is 2.19. The van der Waals surface area contributed by atoms with E-state index >= 15 is 0 Å². The van der Waals surface area contributed by atoms with Gasteiger partial charge in [-0.25, -0.2) is 8.78 Å². The zero-order chi connectivity index (χ0) is 11.3. The maximum absolute atomic E-state index is 12.6. The Bertz CT molecular complexity index is 287. The Morgan fingerprint density at radius 3 is 1.93 bits per heavy atom. The van der Waals surface area contributed by atoms with Gasteiger partial charge in [0.2, 0.25) is 5.92 Å². The summed E-state index contributed by atoms with van der Waals surface area (Å²) < 4.78 is 25.2. The Labute approximate surface area is 89.3 Å². The van der Waals surface area contributed by atoms with Gasteiger partial charge < -0.3 is 5.73 Å². The summed E-state index contributed by atoms with van der Waals surface area (Å²) in [5.41, 5.74) is 7.53. The van der Waals surface area contributed by atoms with Gasteiger partial charge in [-0.1, -0.05) is 24.3 Å². The lowest BCUT2D eigenvalue weighted by atomic mass is 10.0. The van der Waals surface area contributed by atoms with Gasteiger partial charge in [0, 0.05) is 6.42 Å². The number of rotatable bonds is 5. The van der Waals surface area contributed by atoms with Gasteiger partial charge in [0.25, 0.3) is 0 Å². The maximum atomic E-state index is 12.6. The van der Waals surface area contributed by atoms with E-state index in [1.807, 2.05) is 24.3 Å². The molecule has 2 N–H and O–H groups in total. The number of hydrogen-bond donors (Lipinski definition) is 1. The van der Waals surface area contributed by atoms with Crippen molar-refractivity contribution in [1.29, 1.82) is 0 Å². The molecule has 0 bridgehead atoms. The molecule has 84 valence electrons. The topological polar surface area (TPSA) is 26.0 Å². The first-order valence-electron chi connectivity index (χ1n) is 5.17. The lowest BCUT2D eigenvalue weighted by Crippen LogP contribution is -2.10. The van der Waals surface area contributed by atoms with Crippen LogP contribution in [-0.4, -0.2) is 12.5 Å². The van der Waals surface area contributed by atoms with E-state index < -0.39 is 5.92 Å². The van der Waals surface area contributed by atoms with Crippen LogP contribution in [0.3, 0.4) is 0 Å². The van der Waals surface area contributed by atoms with Gasteiger partial charge in [0.1, 0.15) is 0 Å². The molecule has 0 aliphatic rings. The number of benzene rings is 1. The Balaban J connectivity index is 2.50. The van der Waals surface area contributed by atoms with Crippen LogP contribution in [0.5, 0.6) is 0 Å². The van der Waals surface area contributed by atoms with Crippen LogP contribution in [-0.2, 0) is 12.8 Å². The Hall–Kier alpha value is -0.960. The van der Waals surface area contributed by atoms with Crippen LogP contribution in [0.25, 0.3) is 0 Å². The molecule has 3 heteroatoms. The van der Waals surface area contributed by atoms with Crippen LogP contribution in [0.15, 0.2) is 24.3 Å². The molecule has 1 aromatic carbocycles. The van der Waals surface area contributed by atoms with E-state index in [1.165, 1.54) is 0 Å². The van der Waals surface area contributed by atoms with Crippen molar-refractivity contribution in [3.8, 4) is 0 Å². The molecule has 1 aromatic rings. The largest absolute Gasteiger partial charge is 0.330 e. The first kappa shape index (κ1) is 12.1. The minimum Gasteiger partial charge on any atom is -0.330 e. The Morgan fingerprint density at radius 1 is 1.07 bits per heavy atom. The van der Waals surface area contributed by atoms with Crippen molar-refractivity contribution in [3.63, 3.8) is 0 Å². The first-order valence-corrected chi connectivity index (χ1v) is 5.17. The fourth-order valence-electron chi connectivity index (χ4n) is 1.40. The average molecular weight is 213 g/mol. The second kappa shape index (κ2) is 5.21. The van der Waals surface area contributed by atoms with E-state index in [2.05, 4.69) is 0 Å². The summed E-state index contributed by atoms with van der Waals surface area (Å²) in [6, 6.07) is 7.71. The summed E-state index contributed by atoms with van der Waals surface area (Å²) in [6.07, 6.45) is 1.17. The zero-order valence-corrected chi connectivity index (χ0v) is 8.97. The molecule has 0 aliphatic carbocycles. The summed E-state index contributed by atoms with van der Waals surface area (Å²) in [6.45, 7) is 1.57. The fraction of sp³-hybridized carbons (Fsp3) is 0.500. The van der Waals surface area contributed by atoms with Crippen molar-refractivity contribution in [1.82, 2.24) is 0 Å². The highest BCUT2D eigenvalue weighted by molar-refractivity contribution is 5.22. The molecule has 0 radical (unpaired) electrons. The van der Waals surface area contributed by atoms with Crippen molar-refractivity contribution in [2.24, 2.45) is 5.73 Å².